The molecular weight excluding hydrogens is 204 g/mol. The van der Waals surface area contributed by atoms with Crippen molar-refractivity contribution in [3.05, 3.63) is 32.6 Å². The molecule has 0 saturated carbocycles. The van der Waals surface area contributed by atoms with E-state index in [0.29, 0.717) is 5.56 Å². The molecule has 0 spiro atoms. The first-order valence-electron chi connectivity index (χ1n) is 4.08. The molecule has 0 unspecified atom stereocenters. The zero-order chi connectivity index (χ0) is 11.3. The molecule has 5 N–H and O–H groups in total. The first-order chi connectivity index (χ1) is 7.09. The maximum atomic E-state index is 11.1. The van der Waals surface area contributed by atoms with E-state index in [1.807, 2.05) is 4.98 Å². The summed E-state index contributed by atoms with van der Waals surface area (Å²) in [6.07, 6.45) is 1.26. The molecule has 0 amide bonds. The molecule has 8 heteroatoms. The van der Waals surface area contributed by atoms with Gasteiger partial charge in [0.1, 0.15) is 6.54 Å². The molecule has 1 aromatic heterocycles. The van der Waals surface area contributed by atoms with E-state index in [1.54, 1.807) is 0 Å². The van der Waals surface area contributed by atoms with Gasteiger partial charge in [-0.25, -0.2) is 10.2 Å². The van der Waals surface area contributed by atoms with Crippen LogP contribution in [0.1, 0.15) is 5.56 Å². The summed E-state index contributed by atoms with van der Waals surface area (Å²) in [4.78, 5) is 36.2. The van der Waals surface area contributed by atoms with Crippen LogP contribution in [-0.4, -0.2) is 27.6 Å². The van der Waals surface area contributed by atoms with Crippen molar-refractivity contribution in [3.63, 3.8) is 0 Å². The summed E-state index contributed by atoms with van der Waals surface area (Å²) in [5.41, 5.74) is 4.11. The van der Waals surface area contributed by atoms with Gasteiger partial charge in [-0.3, -0.25) is 20.0 Å². The summed E-state index contributed by atoms with van der Waals surface area (Å²) in [7, 11) is 0. The summed E-state index contributed by atoms with van der Waals surface area (Å²) < 4.78 is 0. The number of nitrogens with one attached hydrogen (secondary N) is 4. The first-order valence-corrected chi connectivity index (χ1v) is 4.08. The molecule has 0 fully saturated rings. The number of hydrogen-bond donors (Lipinski definition) is 5. The predicted molar refractivity (Wildman–Crippen MR) is 50.2 cm³/mol. The third-order valence-electron chi connectivity index (χ3n) is 1.54. The van der Waals surface area contributed by atoms with E-state index >= 15 is 0 Å². The van der Waals surface area contributed by atoms with Crippen LogP contribution < -0.4 is 22.1 Å². The topological polar surface area (TPSA) is 127 Å². The molecule has 8 nitrogen and oxygen atoms in total. The highest BCUT2D eigenvalue weighted by Gasteiger charge is 1.99. The van der Waals surface area contributed by atoms with Crippen molar-refractivity contribution in [2.24, 2.45) is 0 Å². The maximum Gasteiger partial charge on any atom is 0.325 e. The summed E-state index contributed by atoms with van der Waals surface area (Å²) in [6, 6.07) is 0. The second-order valence-corrected chi connectivity index (χ2v) is 2.70. The first kappa shape index (κ1) is 11.1. The van der Waals surface area contributed by atoms with Crippen molar-refractivity contribution in [2.45, 2.75) is 6.54 Å². The number of carboxylic acids is 1. The zero-order valence-corrected chi connectivity index (χ0v) is 7.66. The van der Waals surface area contributed by atoms with E-state index in [1.165, 1.54) is 6.20 Å². The Hall–Kier alpha value is -1.93. The molecule has 1 heterocycles. The van der Waals surface area contributed by atoms with Crippen LogP contribution in [0, 0.1) is 0 Å². The molecule has 0 aromatic carbocycles. The van der Waals surface area contributed by atoms with E-state index < -0.39 is 17.2 Å². The largest absolute Gasteiger partial charge is 0.480 e. The fourth-order valence-electron chi connectivity index (χ4n) is 0.865. The van der Waals surface area contributed by atoms with Crippen molar-refractivity contribution in [3.8, 4) is 0 Å². The molecule has 0 aliphatic rings. The van der Waals surface area contributed by atoms with Gasteiger partial charge in [0.05, 0.1) is 0 Å². The Labute approximate surface area is 83.3 Å². The minimum Gasteiger partial charge on any atom is -0.480 e. The van der Waals surface area contributed by atoms with Crippen LogP contribution in [0.3, 0.4) is 0 Å². The Bertz CT molecular complexity index is 449. The fourth-order valence-corrected chi connectivity index (χ4v) is 0.865. The monoisotopic (exact) mass is 214 g/mol. The number of H-pyrrole nitrogens is 2. The zero-order valence-electron chi connectivity index (χ0n) is 7.66. The number of aromatic nitrogens is 2. The van der Waals surface area contributed by atoms with Gasteiger partial charge in [0.25, 0.3) is 5.56 Å². The fraction of sp³-hybridized carbons (Fsp3) is 0.286. The lowest BCUT2D eigenvalue weighted by atomic mass is 10.3. The van der Waals surface area contributed by atoms with Gasteiger partial charge in [0.2, 0.25) is 0 Å². The van der Waals surface area contributed by atoms with Gasteiger partial charge in [-0.2, -0.15) is 0 Å². The lowest BCUT2D eigenvalue weighted by Gasteiger charge is -2.02. The van der Waals surface area contributed by atoms with Gasteiger partial charge in [0, 0.05) is 18.3 Å². The standard InChI is InChI=1S/C7H10N4O4/c12-5(13)3-10-9-2-4-1-8-7(15)11-6(4)14/h1,9-10H,2-3H2,(H,12,13)(H2,8,11,14,15). The minimum absolute atomic E-state index is 0.111. The van der Waals surface area contributed by atoms with Gasteiger partial charge >= 0.3 is 11.7 Å². The Balaban J connectivity index is 2.48. The number of aliphatic carboxylic acids is 1. The van der Waals surface area contributed by atoms with Crippen molar-refractivity contribution >= 4 is 5.97 Å². The molecule has 0 bridgehead atoms. The third-order valence-corrected chi connectivity index (χ3v) is 1.54. The molecule has 15 heavy (non-hydrogen) atoms. The number of carboxylic acid groups (broad SMARTS) is 1. The van der Waals surface area contributed by atoms with Crippen molar-refractivity contribution in [1.82, 2.24) is 20.8 Å². The Morgan fingerprint density at radius 1 is 1.40 bits per heavy atom. The van der Waals surface area contributed by atoms with Gasteiger partial charge in [-0.05, 0) is 0 Å². The van der Waals surface area contributed by atoms with Crippen LogP contribution in [0.2, 0.25) is 0 Å². The Morgan fingerprint density at radius 3 is 2.73 bits per heavy atom. The average Bonchev–Trinajstić information content (AvgIpc) is 2.14. The lowest BCUT2D eigenvalue weighted by molar-refractivity contribution is -0.136. The van der Waals surface area contributed by atoms with E-state index in [4.69, 9.17) is 5.11 Å². The lowest BCUT2D eigenvalue weighted by Crippen LogP contribution is -2.37. The second-order valence-electron chi connectivity index (χ2n) is 2.70. The van der Waals surface area contributed by atoms with Gasteiger partial charge in [-0.1, -0.05) is 0 Å². The van der Waals surface area contributed by atoms with E-state index in [2.05, 4.69) is 15.8 Å². The van der Waals surface area contributed by atoms with Gasteiger partial charge in [-0.15, -0.1) is 0 Å². The van der Waals surface area contributed by atoms with Crippen LogP contribution in [0.4, 0.5) is 0 Å². The molecule has 0 saturated heterocycles. The molecule has 1 rings (SSSR count). The summed E-state index contributed by atoms with van der Waals surface area (Å²) in [5, 5.41) is 8.28. The number of carbonyl (C=O) groups is 1. The Morgan fingerprint density at radius 2 is 2.13 bits per heavy atom. The van der Waals surface area contributed by atoms with Crippen molar-refractivity contribution in [2.75, 3.05) is 6.54 Å². The summed E-state index contributed by atoms with van der Waals surface area (Å²) in [6.45, 7) is -0.152. The predicted octanol–water partition coefficient (Wildman–Crippen LogP) is -2.26. The third kappa shape index (κ3) is 3.75. The molecule has 0 aliphatic heterocycles. The van der Waals surface area contributed by atoms with Crippen LogP contribution in [0.25, 0.3) is 0 Å². The smallest absolute Gasteiger partial charge is 0.325 e. The molecule has 82 valence electrons. The van der Waals surface area contributed by atoms with Crippen LogP contribution in [-0.2, 0) is 11.3 Å². The number of hydrogen-bond acceptors (Lipinski definition) is 5. The van der Waals surface area contributed by atoms with Crippen LogP contribution in [0.15, 0.2) is 15.8 Å². The molecule has 0 aliphatic carbocycles. The highest BCUT2D eigenvalue weighted by molar-refractivity contribution is 5.68. The average molecular weight is 214 g/mol. The van der Waals surface area contributed by atoms with E-state index in [0.717, 1.165) is 0 Å². The SMILES string of the molecule is O=C(O)CNNCc1c[nH]c(=O)[nH]c1=O. The van der Waals surface area contributed by atoms with Crippen LogP contribution >= 0.6 is 0 Å². The van der Waals surface area contributed by atoms with Gasteiger partial charge in [0.15, 0.2) is 0 Å². The number of rotatable bonds is 5. The van der Waals surface area contributed by atoms with Crippen molar-refractivity contribution < 1.29 is 9.90 Å². The van der Waals surface area contributed by atoms with Crippen LogP contribution in [0.5, 0.6) is 0 Å². The van der Waals surface area contributed by atoms with E-state index in [9.17, 15) is 14.4 Å². The molecule has 0 radical (unpaired) electrons. The summed E-state index contributed by atoms with van der Waals surface area (Å²) >= 11 is 0. The van der Waals surface area contributed by atoms with Crippen molar-refractivity contribution in [1.29, 1.82) is 0 Å². The molecule has 0 atom stereocenters. The number of hydrazine groups is 1. The summed E-state index contributed by atoms with van der Waals surface area (Å²) in [5.74, 6) is -1.02. The minimum atomic E-state index is -1.02. The Kier molecular flexibility index (Phi) is 3.77. The maximum absolute atomic E-state index is 11.1. The van der Waals surface area contributed by atoms with E-state index in [-0.39, 0.29) is 13.1 Å². The quantitative estimate of drug-likeness (QED) is 0.278. The van der Waals surface area contributed by atoms with Gasteiger partial charge < -0.3 is 10.1 Å². The molecule has 1 aromatic rings. The number of aromatic amines is 2. The second kappa shape index (κ2) is 5.08. The highest BCUT2D eigenvalue weighted by Crippen LogP contribution is 1.80. The normalized spacial score (nSPS) is 10.1. The highest BCUT2D eigenvalue weighted by atomic mass is 16.4. The molecular formula is C7H10N4O4.